The van der Waals surface area contributed by atoms with Crippen LogP contribution in [0.15, 0.2) is 43.8 Å². The average molecular weight is 411 g/mol. The smallest absolute Gasteiger partial charge is 0.121 e. The van der Waals surface area contributed by atoms with Crippen LogP contribution in [0, 0.1) is 10.8 Å². The van der Waals surface area contributed by atoms with Crippen molar-refractivity contribution in [1.82, 2.24) is 0 Å². The molecule has 1 atom stereocenters. The third-order valence-electron chi connectivity index (χ3n) is 4.72. The quantitative estimate of drug-likeness (QED) is 0.295. The van der Waals surface area contributed by atoms with Gasteiger partial charge < -0.3 is 4.18 Å². The highest BCUT2D eigenvalue weighted by molar-refractivity contribution is 8.84. The van der Waals surface area contributed by atoms with Crippen LogP contribution in [0.3, 0.4) is 0 Å². The summed E-state index contributed by atoms with van der Waals surface area (Å²) in [5.74, 6) is 1.16. The maximum absolute atomic E-state index is 6.35. The maximum Gasteiger partial charge on any atom is 0.121 e. The molecule has 0 amide bonds. The van der Waals surface area contributed by atoms with E-state index in [-0.39, 0.29) is 20.6 Å². The predicted molar refractivity (Wildman–Crippen MR) is 119 cm³/mol. The van der Waals surface area contributed by atoms with Gasteiger partial charge in [-0.05, 0) is 58.8 Å². The standard InChI is InChI=1S/C20H26OS4/c1-19(2,3)16-11-15-13-9-7-8-12(18(13)24-25(15)21-16)14-10-17(23-22-14)20(4,5)6/h10-11H,7-9H2,1-6H3/b14-12-. The molecule has 0 spiro atoms. The molecule has 3 heterocycles. The van der Waals surface area contributed by atoms with E-state index < -0.39 is 0 Å². The van der Waals surface area contributed by atoms with Crippen LogP contribution in [0.25, 0.3) is 0 Å². The molecule has 1 nitrogen and oxygen atoms in total. The Bertz CT molecular complexity index is 795. The molecule has 4 rings (SSSR count). The SMILES string of the molecule is CC(C)(C)C1=CC2=S(O1)SC1=C2CCC/C1=C1\C=C(C(C)(C)C)SS1. The second-order valence-corrected chi connectivity index (χ2v) is 14.2. The Labute approximate surface area is 166 Å². The minimum Gasteiger partial charge on any atom is -0.427 e. The molecule has 0 radical (unpaired) electrons. The third kappa shape index (κ3) is 3.35. The first-order chi connectivity index (χ1) is 11.6. The Kier molecular flexibility index (Phi) is 4.63. The van der Waals surface area contributed by atoms with Crippen molar-refractivity contribution in [2.24, 2.45) is 10.8 Å². The normalized spacial score (nSPS) is 29.5. The summed E-state index contributed by atoms with van der Waals surface area (Å²) < 4.78 is 6.35. The average Bonchev–Trinajstić information content (AvgIpc) is 3.19. The van der Waals surface area contributed by atoms with Gasteiger partial charge in [0.1, 0.15) is 5.76 Å². The molecule has 5 heteroatoms. The molecular formula is C20H26OS4. The van der Waals surface area contributed by atoms with Crippen molar-refractivity contribution in [3.63, 3.8) is 0 Å². The minimum atomic E-state index is -0.115. The van der Waals surface area contributed by atoms with E-state index >= 15 is 0 Å². The fraction of sp³-hybridized carbons (Fsp3) is 0.550. The van der Waals surface area contributed by atoms with Gasteiger partial charge in [-0.15, -0.1) is 0 Å². The molecule has 0 aromatic carbocycles. The first-order valence-corrected chi connectivity index (χ1v) is 13.5. The Morgan fingerprint density at radius 2 is 1.64 bits per heavy atom. The summed E-state index contributed by atoms with van der Waals surface area (Å²) in [6.07, 6.45) is 8.48. The van der Waals surface area contributed by atoms with Crippen molar-refractivity contribution in [3.05, 3.63) is 43.8 Å². The fourth-order valence-corrected chi connectivity index (χ4v) is 10.4. The van der Waals surface area contributed by atoms with Crippen LogP contribution in [0.5, 0.6) is 0 Å². The highest BCUT2D eigenvalue weighted by Crippen LogP contribution is 2.62. The van der Waals surface area contributed by atoms with Gasteiger partial charge in [0.25, 0.3) is 0 Å². The first kappa shape index (κ1) is 18.4. The lowest BCUT2D eigenvalue weighted by atomic mass is 9.89. The van der Waals surface area contributed by atoms with Crippen LogP contribution in [0.2, 0.25) is 0 Å². The molecule has 3 aliphatic heterocycles. The van der Waals surface area contributed by atoms with Gasteiger partial charge in [0, 0.05) is 20.1 Å². The summed E-state index contributed by atoms with van der Waals surface area (Å²) in [5.41, 5.74) is 3.50. The van der Waals surface area contributed by atoms with Crippen LogP contribution in [-0.2, 0) is 4.18 Å². The van der Waals surface area contributed by atoms with Crippen LogP contribution in [0.1, 0.15) is 60.8 Å². The number of allylic oxidation sites excluding steroid dienone is 6. The Balaban J connectivity index is 1.70. The Morgan fingerprint density at radius 1 is 0.920 bits per heavy atom. The van der Waals surface area contributed by atoms with Gasteiger partial charge in [-0.1, -0.05) is 63.1 Å². The molecule has 0 bridgehead atoms. The second-order valence-electron chi connectivity index (χ2n) is 8.95. The summed E-state index contributed by atoms with van der Waals surface area (Å²) in [6, 6.07) is 0. The Morgan fingerprint density at radius 3 is 2.28 bits per heavy atom. The molecule has 0 saturated carbocycles. The molecule has 25 heavy (non-hydrogen) atoms. The van der Waals surface area contributed by atoms with Gasteiger partial charge in [0.2, 0.25) is 0 Å². The zero-order valence-corrected chi connectivity index (χ0v) is 19.1. The number of rotatable bonds is 0. The summed E-state index contributed by atoms with van der Waals surface area (Å²) in [5, 5.41) is 0. The van der Waals surface area contributed by atoms with Gasteiger partial charge in [-0.3, -0.25) is 0 Å². The molecular weight excluding hydrogens is 384 g/mol. The number of fused-ring (bicyclic) bond motifs is 1. The minimum absolute atomic E-state index is 0.101. The van der Waals surface area contributed by atoms with Gasteiger partial charge in [-0.2, -0.15) is 0 Å². The van der Waals surface area contributed by atoms with Crippen LogP contribution < -0.4 is 0 Å². The summed E-state index contributed by atoms with van der Waals surface area (Å²) in [6.45, 7) is 13.7. The second kappa shape index (κ2) is 6.29. The van der Waals surface area contributed by atoms with Crippen LogP contribution >= 0.6 is 42.2 Å². The lowest BCUT2D eigenvalue weighted by Gasteiger charge is -2.23. The number of hydrogen-bond donors (Lipinski definition) is 0. The van der Waals surface area contributed by atoms with Crippen molar-refractivity contribution < 1.29 is 4.18 Å². The summed E-state index contributed by atoms with van der Waals surface area (Å²) in [4.78, 5) is 5.99. The first-order valence-electron chi connectivity index (χ1n) is 8.88. The lowest BCUT2D eigenvalue weighted by Crippen LogP contribution is -2.10. The van der Waals surface area contributed by atoms with E-state index in [1.54, 1.807) is 11.1 Å². The van der Waals surface area contributed by atoms with E-state index in [2.05, 4.69) is 53.7 Å². The molecule has 1 aliphatic carbocycles. The number of hydrogen-bond acceptors (Lipinski definition) is 4. The van der Waals surface area contributed by atoms with Gasteiger partial charge in [0.15, 0.2) is 0 Å². The predicted octanol–water partition coefficient (Wildman–Crippen LogP) is 7.98. The zero-order valence-electron chi connectivity index (χ0n) is 15.8. The summed E-state index contributed by atoms with van der Waals surface area (Å²) >= 11 is 0. The zero-order chi connectivity index (χ0) is 18.0. The molecule has 0 fully saturated rings. The summed E-state index contributed by atoms with van der Waals surface area (Å²) in [7, 11) is 5.77. The van der Waals surface area contributed by atoms with Crippen molar-refractivity contribution in [3.8, 4) is 0 Å². The highest BCUT2D eigenvalue weighted by Gasteiger charge is 2.37. The van der Waals surface area contributed by atoms with E-state index in [1.165, 1.54) is 38.8 Å². The molecule has 136 valence electrons. The van der Waals surface area contributed by atoms with E-state index in [0.717, 1.165) is 5.76 Å². The van der Waals surface area contributed by atoms with Gasteiger partial charge in [0.05, 0.1) is 14.7 Å². The van der Waals surface area contributed by atoms with Gasteiger partial charge >= 0.3 is 0 Å². The molecule has 0 aromatic rings. The molecule has 4 aliphatic rings. The van der Waals surface area contributed by atoms with E-state index in [1.807, 2.05) is 32.4 Å². The topological polar surface area (TPSA) is 9.23 Å². The Hall–Kier alpha value is 0.0300. The third-order valence-corrected chi connectivity index (χ3v) is 11.2. The van der Waals surface area contributed by atoms with E-state index in [0.29, 0.717) is 0 Å². The monoisotopic (exact) mass is 410 g/mol. The molecule has 0 saturated heterocycles. The maximum atomic E-state index is 6.35. The highest BCUT2D eigenvalue weighted by atomic mass is 33.1. The van der Waals surface area contributed by atoms with Gasteiger partial charge in [-0.25, -0.2) is 0 Å². The lowest BCUT2D eigenvalue weighted by molar-refractivity contribution is 0.333. The van der Waals surface area contributed by atoms with Crippen molar-refractivity contribution in [2.75, 3.05) is 0 Å². The van der Waals surface area contributed by atoms with E-state index in [9.17, 15) is 0 Å². The molecule has 1 unspecified atom stereocenters. The van der Waals surface area contributed by atoms with Crippen molar-refractivity contribution in [1.29, 1.82) is 0 Å². The van der Waals surface area contributed by atoms with Crippen molar-refractivity contribution in [2.45, 2.75) is 60.8 Å². The van der Waals surface area contributed by atoms with E-state index in [4.69, 9.17) is 4.18 Å². The molecule has 0 N–H and O–H groups in total. The van der Waals surface area contributed by atoms with Crippen molar-refractivity contribution >= 4 is 47.0 Å². The fourth-order valence-electron chi connectivity index (χ4n) is 3.14. The largest absolute Gasteiger partial charge is 0.427 e. The van der Waals surface area contributed by atoms with Crippen LogP contribution in [0.4, 0.5) is 0 Å². The van der Waals surface area contributed by atoms with Crippen LogP contribution in [-0.4, -0.2) is 4.86 Å². The molecule has 0 aromatic heterocycles.